The average molecular weight is 393 g/mol. The van der Waals surface area contributed by atoms with Crippen LogP contribution in [0.5, 0.6) is 0 Å². The smallest absolute Gasteiger partial charge is 0.237 e. The molecule has 3 rings (SSSR count). The fourth-order valence-corrected chi connectivity index (χ4v) is 4.48. The molecule has 0 bridgehead atoms. The van der Waals surface area contributed by atoms with Crippen molar-refractivity contribution in [1.82, 2.24) is 10.2 Å². The summed E-state index contributed by atoms with van der Waals surface area (Å²) in [6.45, 7) is 5.65. The molecule has 1 aliphatic heterocycles. The molecule has 1 saturated heterocycles. The molecule has 1 atom stereocenters. The zero-order chi connectivity index (χ0) is 18.4. The molecule has 0 saturated carbocycles. The first kappa shape index (κ1) is 19.1. The number of nitrogens with zero attached hydrogens (tertiary/aromatic N) is 3. The van der Waals surface area contributed by atoms with Gasteiger partial charge in [0, 0.05) is 24.9 Å². The first-order valence-corrected chi connectivity index (χ1v) is 10.6. The van der Waals surface area contributed by atoms with Crippen molar-refractivity contribution in [2.75, 3.05) is 29.1 Å². The van der Waals surface area contributed by atoms with Crippen LogP contribution in [-0.2, 0) is 9.53 Å². The molecule has 2 aromatic rings. The van der Waals surface area contributed by atoms with E-state index in [4.69, 9.17) is 4.74 Å². The van der Waals surface area contributed by atoms with Gasteiger partial charge in [-0.3, -0.25) is 4.79 Å². The second-order valence-electron chi connectivity index (χ2n) is 6.37. The highest BCUT2D eigenvalue weighted by Gasteiger charge is 2.20. The maximum atomic E-state index is 12.7. The Hall–Kier alpha value is -1.64. The van der Waals surface area contributed by atoms with E-state index in [1.807, 2.05) is 49.1 Å². The van der Waals surface area contributed by atoms with E-state index in [-0.39, 0.29) is 18.1 Å². The van der Waals surface area contributed by atoms with E-state index in [1.165, 1.54) is 23.1 Å². The number of ether oxygens (including phenoxy) is 1. The van der Waals surface area contributed by atoms with Crippen molar-refractivity contribution < 1.29 is 9.53 Å². The molecule has 1 fully saturated rings. The third-order valence-electron chi connectivity index (χ3n) is 4.05. The number of benzene rings is 1. The minimum Gasteiger partial charge on any atom is -0.376 e. The number of amides is 1. The summed E-state index contributed by atoms with van der Waals surface area (Å²) in [6, 6.07) is 9.86. The SMILES string of the molecule is CC(C)N(C(=O)CSc1nnc(NCC2CCCO2)s1)c1ccccc1. The van der Waals surface area contributed by atoms with Crippen LogP contribution in [0.4, 0.5) is 10.8 Å². The Kier molecular flexibility index (Phi) is 6.87. The monoisotopic (exact) mass is 392 g/mol. The molecule has 6 nitrogen and oxygen atoms in total. The second kappa shape index (κ2) is 9.34. The number of aromatic nitrogens is 2. The molecular weight excluding hydrogens is 368 g/mol. The number of hydrogen-bond donors (Lipinski definition) is 1. The van der Waals surface area contributed by atoms with Crippen LogP contribution in [0.3, 0.4) is 0 Å². The number of carbonyl (C=O) groups is 1. The molecule has 0 spiro atoms. The Morgan fingerprint density at radius 3 is 2.88 bits per heavy atom. The maximum Gasteiger partial charge on any atom is 0.237 e. The molecule has 0 aliphatic carbocycles. The molecule has 8 heteroatoms. The van der Waals surface area contributed by atoms with Crippen molar-refractivity contribution in [2.24, 2.45) is 0 Å². The van der Waals surface area contributed by atoms with E-state index in [0.717, 1.165) is 41.2 Å². The fourth-order valence-electron chi connectivity index (χ4n) is 2.86. The van der Waals surface area contributed by atoms with Gasteiger partial charge in [0.2, 0.25) is 11.0 Å². The first-order valence-electron chi connectivity index (χ1n) is 8.82. The molecule has 140 valence electrons. The predicted octanol–water partition coefficient (Wildman–Crippen LogP) is 3.66. The van der Waals surface area contributed by atoms with Gasteiger partial charge in [-0.15, -0.1) is 10.2 Å². The standard InChI is InChI=1S/C18H24N4O2S2/c1-13(2)22(14-7-4-3-5-8-14)16(23)12-25-18-21-20-17(26-18)19-11-15-9-6-10-24-15/h3-5,7-8,13,15H,6,9-12H2,1-2H3,(H,19,20). The van der Waals surface area contributed by atoms with Gasteiger partial charge in [0.15, 0.2) is 4.34 Å². The summed E-state index contributed by atoms with van der Waals surface area (Å²) < 4.78 is 6.39. The third kappa shape index (κ3) is 5.18. The van der Waals surface area contributed by atoms with Gasteiger partial charge in [-0.05, 0) is 38.8 Å². The third-order valence-corrected chi connectivity index (χ3v) is 6.05. The normalized spacial score (nSPS) is 16.8. The van der Waals surface area contributed by atoms with Crippen LogP contribution in [-0.4, -0.2) is 47.2 Å². The molecule has 1 amide bonds. The summed E-state index contributed by atoms with van der Waals surface area (Å²) in [4.78, 5) is 14.5. The second-order valence-corrected chi connectivity index (χ2v) is 8.57. The number of hydrogen-bond acceptors (Lipinski definition) is 7. The Labute approximate surface area is 162 Å². The number of carbonyl (C=O) groups excluding carboxylic acids is 1. The van der Waals surface area contributed by atoms with Gasteiger partial charge in [0.25, 0.3) is 0 Å². The van der Waals surface area contributed by atoms with Crippen LogP contribution in [0.2, 0.25) is 0 Å². The van der Waals surface area contributed by atoms with Gasteiger partial charge in [-0.25, -0.2) is 0 Å². The summed E-state index contributed by atoms with van der Waals surface area (Å²) >= 11 is 2.91. The van der Waals surface area contributed by atoms with Crippen LogP contribution in [0.25, 0.3) is 0 Å². The summed E-state index contributed by atoms with van der Waals surface area (Å²) in [5.74, 6) is 0.410. The van der Waals surface area contributed by atoms with Crippen molar-refractivity contribution in [2.45, 2.75) is 43.2 Å². The van der Waals surface area contributed by atoms with E-state index >= 15 is 0 Å². The molecular formula is C18H24N4O2S2. The average Bonchev–Trinajstić information content (AvgIpc) is 3.31. The van der Waals surface area contributed by atoms with Crippen LogP contribution < -0.4 is 10.2 Å². The molecule has 0 radical (unpaired) electrons. The van der Waals surface area contributed by atoms with Crippen LogP contribution >= 0.6 is 23.1 Å². The summed E-state index contributed by atoms with van der Waals surface area (Å²) in [5.41, 5.74) is 0.921. The topological polar surface area (TPSA) is 67.4 Å². The van der Waals surface area contributed by atoms with Gasteiger partial charge >= 0.3 is 0 Å². The highest BCUT2D eigenvalue weighted by molar-refractivity contribution is 8.01. The Bertz CT molecular complexity index is 702. The van der Waals surface area contributed by atoms with E-state index in [0.29, 0.717) is 5.75 Å². The van der Waals surface area contributed by atoms with Crippen molar-refractivity contribution in [3.8, 4) is 0 Å². The predicted molar refractivity (Wildman–Crippen MR) is 107 cm³/mol. The van der Waals surface area contributed by atoms with Gasteiger partial charge in [-0.1, -0.05) is 41.3 Å². The quantitative estimate of drug-likeness (QED) is 0.692. The minimum absolute atomic E-state index is 0.0697. The summed E-state index contributed by atoms with van der Waals surface area (Å²) in [5, 5.41) is 12.4. The van der Waals surface area contributed by atoms with Crippen molar-refractivity contribution >= 4 is 39.8 Å². The highest BCUT2D eigenvalue weighted by Crippen LogP contribution is 2.27. The lowest BCUT2D eigenvalue weighted by Crippen LogP contribution is -2.38. The number of thioether (sulfide) groups is 1. The largest absolute Gasteiger partial charge is 0.376 e. The molecule has 2 heterocycles. The summed E-state index contributed by atoms with van der Waals surface area (Å²) in [7, 11) is 0. The number of nitrogens with one attached hydrogen (secondary N) is 1. The van der Waals surface area contributed by atoms with Gasteiger partial charge < -0.3 is 15.0 Å². The number of rotatable bonds is 8. The Morgan fingerprint density at radius 1 is 1.38 bits per heavy atom. The maximum absolute atomic E-state index is 12.7. The lowest BCUT2D eigenvalue weighted by atomic mass is 10.2. The van der Waals surface area contributed by atoms with Crippen LogP contribution in [0.15, 0.2) is 34.7 Å². The van der Waals surface area contributed by atoms with E-state index in [2.05, 4.69) is 15.5 Å². The zero-order valence-corrected chi connectivity index (χ0v) is 16.7. The van der Waals surface area contributed by atoms with Crippen molar-refractivity contribution in [3.05, 3.63) is 30.3 Å². The van der Waals surface area contributed by atoms with Gasteiger partial charge in [0.05, 0.1) is 11.9 Å². The fraction of sp³-hybridized carbons (Fsp3) is 0.500. The molecule has 1 aromatic carbocycles. The highest BCUT2D eigenvalue weighted by atomic mass is 32.2. The lowest BCUT2D eigenvalue weighted by Gasteiger charge is -2.26. The van der Waals surface area contributed by atoms with Gasteiger partial charge in [-0.2, -0.15) is 0 Å². The van der Waals surface area contributed by atoms with Crippen molar-refractivity contribution in [3.63, 3.8) is 0 Å². The number of anilines is 2. The Morgan fingerprint density at radius 2 is 2.19 bits per heavy atom. The molecule has 1 aromatic heterocycles. The van der Waals surface area contributed by atoms with Crippen LogP contribution in [0.1, 0.15) is 26.7 Å². The van der Waals surface area contributed by atoms with Crippen molar-refractivity contribution in [1.29, 1.82) is 0 Å². The van der Waals surface area contributed by atoms with Gasteiger partial charge in [0.1, 0.15) is 0 Å². The molecule has 26 heavy (non-hydrogen) atoms. The Balaban J connectivity index is 1.52. The van der Waals surface area contributed by atoms with E-state index in [1.54, 1.807) is 0 Å². The number of para-hydroxylation sites is 1. The van der Waals surface area contributed by atoms with E-state index in [9.17, 15) is 4.79 Å². The lowest BCUT2D eigenvalue weighted by molar-refractivity contribution is -0.116. The van der Waals surface area contributed by atoms with Crippen LogP contribution in [0, 0.1) is 0 Å². The van der Waals surface area contributed by atoms with E-state index < -0.39 is 0 Å². The molecule has 1 aliphatic rings. The first-order chi connectivity index (χ1) is 12.6. The molecule has 1 unspecified atom stereocenters. The minimum atomic E-state index is 0.0697. The summed E-state index contributed by atoms with van der Waals surface area (Å²) in [6.07, 6.45) is 2.48. The molecule has 1 N–H and O–H groups in total. The zero-order valence-electron chi connectivity index (χ0n) is 15.1.